The minimum Gasteiger partial charge on any atom is -0.333 e. The van der Waals surface area contributed by atoms with E-state index in [1.54, 1.807) is 0 Å². The second-order valence-corrected chi connectivity index (χ2v) is 3.74. The second-order valence-electron chi connectivity index (χ2n) is 3.74. The lowest BCUT2D eigenvalue weighted by Gasteiger charge is -2.04. The van der Waals surface area contributed by atoms with E-state index in [1.165, 1.54) is 4.73 Å². The topological polar surface area (TPSA) is 57.3 Å². The van der Waals surface area contributed by atoms with Crippen molar-refractivity contribution in [3.05, 3.63) is 48.5 Å². The minimum atomic E-state index is -0.823. The highest BCUT2D eigenvalue weighted by Gasteiger charge is 2.11. The number of hydrogen-bond acceptors (Lipinski definition) is 2. The number of carbonyl (C=O) groups is 1. The van der Waals surface area contributed by atoms with Crippen molar-refractivity contribution < 1.29 is 9.63 Å². The maximum absolute atomic E-state index is 10.9. The zero-order valence-corrected chi connectivity index (χ0v) is 8.96. The summed E-state index contributed by atoms with van der Waals surface area (Å²) >= 11 is 0. The molecule has 1 heterocycles. The third kappa shape index (κ3) is 1.42. The van der Waals surface area contributed by atoms with Gasteiger partial charge >= 0.3 is 6.09 Å². The number of amides is 1. The van der Waals surface area contributed by atoms with Gasteiger partial charge in [0.1, 0.15) is 0 Å². The average molecular weight is 226 g/mol. The Balaban J connectivity index is 2.45. The van der Waals surface area contributed by atoms with Gasteiger partial charge in [0.2, 0.25) is 0 Å². The Morgan fingerprint density at radius 1 is 0.941 bits per heavy atom. The van der Waals surface area contributed by atoms with Crippen LogP contribution in [0.2, 0.25) is 0 Å². The predicted molar refractivity (Wildman–Crippen MR) is 65.6 cm³/mol. The number of primary amides is 1. The van der Waals surface area contributed by atoms with Gasteiger partial charge in [-0.15, -0.1) is 0 Å². The SMILES string of the molecule is NC(=O)On1c2ccccc2c2ccccc21. The molecule has 0 radical (unpaired) electrons. The van der Waals surface area contributed by atoms with Crippen LogP contribution in [-0.2, 0) is 0 Å². The highest BCUT2D eigenvalue weighted by molar-refractivity contribution is 6.07. The van der Waals surface area contributed by atoms with Crippen molar-refractivity contribution in [3.63, 3.8) is 0 Å². The average Bonchev–Trinajstić information content (AvgIpc) is 2.65. The van der Waals surface area contributed by atoms with Gasteiger partial charge in [-0.3, -0.25) is 0 Å². The van der Waals surface area contributed by atoms with E-state index in [-0.39, 0.29) is 0 Å². The van der Waals surface area contributed by atoms with E-state index in [0.29, 0.717) is 0 Å². The Morgan fingerprint density at radius 2 is 1.41 bits per heavy atom. The van der Waals surface area contributed by atoms with Crippen molar-refractivity contribution in [1.29, 1.82) is 0 Å². The van der Waals surface area contributed by atoms with Gasteiger partial charge in [-0.1, -0.05) is 36.4 Å². The molecule has 0 unspecified atom stereocenters. The summed E-state index contributed by atoms with van der Waals surface area (Å²) in [6.45, 7) is 0. The quantitative estimate of drug-likeness (QED) is 0.692. The van der Waals surface area contributed by atoms with Gasteiger partial charge in [0.25, 0.3) is 0 Å². The van der Waals surface area contributed by atoms with Crippen LogP contribution in [0.25, 0.3) is 21.8 Å². The number of fused-ring (bicyclic) bond motifs is 3. The number of rotatable bonds is 1. The number of nitrogens with zero attached hydrogens (tertiary/aromatic N) is 1. The molecule has 17 heavy (non-hydrogen) atoms. The molecule has 3 rings (SSSR count). The Bertz CT molecular complexity index is 662. The molecule has 0 saturated heterocycles. The van der Waals surface area contributed by atoms with E-state index in [1.807, 2.05) is 48.5 Å². The molecule has 0 aliphatic heterocycles. The fraction of sp³-hybridized carbons (Fsp3) is 0. The summed E-state index contributed by atoms with van der Waals surface area (Å²) in [6, 6.07) is 15.4. The summed E-state index contributed by atoms with van der Waals surface area (Å²) in [5, 5.41) is 2.06. The molecule has 1 amide bonds. The van der Waals surface area contributed by atoms with E-state index < -0.39 is 6.09 Å². The molecule has 84 valence electrons. The molecule has 2 N–H and O–H groups in total. The molecule has 1 aromatic heterocycles. The molecule has 0 saturated carbocycles. The number of carbonyl (C=O) groups excluding carboxylic acids is 1. The normalized spacial score (nSPS) is 10.8. The summed E-state index contributed by atoms with van der Waals surface area (Å²) in [6.07, 6.45) is -0.823. The maximum Gasteiger partial charge on any atom is 0.429 e. The van der Waals surface area contributed by atoms with Crippen LogP contribution in [0.5, 0.6) is 0 Å². The van der Waals surface area contributed by atoms with Gasteiger partial charge < -0.3 is 10.6 Å². The number of nitrogens with two attached hydrogens (primary N) is 1. The molecule has 4 heteroatoms. The molecule has 0 fully saturated rings. The Kier molecular flexibility index (Phi) is 2.01. The second kappa shape index (κ2) is 3.52. The van der Waals surface area contributed by atoms with Crippen LogP contribution < -0.4 is 10.6 Å². The van der Waals surface area contributed by atoms with Gasteiger partial charge in [0.05, 0.1) is 11.0 Å². The fourth-order valence-corrected chi connectivity index (χ4v) is 2.08. The molecule has 0 spiro atoms. The Morgan fingerprint density at radius 3 is 1.88 bits per heavy atom. The maximum atomic E-state index is 10.9. The fourth-order valence-electron chi connectivity index (χ4n) is 2.08. The van der Waals surface area contributed by atoms with Gasteiger partial charge in [-0.2, -0.15) is 4.73 Å². The summed E-state index contributed by atoms with van der Waals surface area (Å²) in [7, 11) is 0. The molecule has 0 bridgehead atoms. The molecule has 3 aromatic rings. The van der Waals surface area contributed by atoms with E-state index in [4.69, 9.17) is 10.6 Å². The van der Waals surface area contributed by atoms with Crippen LogP contribution >= 0.6 is 0 Å². The van der Waals surface area contributed by atoms with Crippen LogP contribution in [0, 0.1) is 0 Å². The Hall–Kier alpha value is -2.49. The van der Waals surface area contributed by atoms with Crippen molar-refractivity contribution >= 4 is 27.9 Å². The molecule has 0 aliphatic carbocycles. The molecule has 2 aromatic carbocycles. The lowest BCUT2D eigenvalue weighted by Crippen LogP contribution is -2.25. The molecule has 0 aliphatic rings. The van der Waals surface area contributed by atoms with E-state index in [2.05, 4.69) is 0 Å². The van der Waals surface area contributed by atoms with E-state index in [9.17, 15) is 4.79 Å². The first-order valence-corrected chi connectivity index (χ1v) is 5.23. The zero-order chi connectivity index (χ0) is 11.8. The van der Waals surface area contributed by atoms with Crippen LogP contribution in [0.4, 0.5) is 4.79 Å². The summed E-state index contributed by atoms with van der Waals surface area (Å²) < 4.78 is 1.47. The van der Waals surface area contributed by atoms with Crippen molar-refractivity contribution in [2.24, 2.45) is 5.73 Å². The van der Waals surface area contributed by atoms with Crippen molar-refractivity contribution in [2.75, 3.05) is 0 Å². The first-order chi connectivity index (χ1) is 8.27. The molecular formula is C13H10N2O2. The summed E-state index contributed by atoms with van der Waals surface area (Å²) in [5.41, 5.74) is 6.74. The highest BCUT2D eigenvalue weighted by atomic mass is 16.7. The smallest absolute Gasteiger partial charge is 0.333 e. The first kappa shape index (κ1) is 9.72. The summed E-state index contributed by atoms with van der Waals surface area (Å²) in [4.78, 5) is 16.0. The molecular weight excluding hydrogens is 216 g/mol. The van der Waals surface area contributed by atoms with E-state index in [0.717, 1.165) is 21.8 Å². The molecule has 4 nitrogen and oxygen atoms in total. The number of para-hydroxylation sites is 2. The van der Waals surface area contributed by atoms with Gasteiger partial charge in [0, 0.05) is 10.8 Å². The van der Waals surface area contributed by atoms with Gasteiger partial charge in [-0.05, 0) is 12.1 Å². The number of hydrogen-bond donors (Lipinski definition) is 1. The monoisotopic (exact) mass is 226 g/mol. The lowest BCUT2D eigenvalue weighted by molar-refractivity contribution is 0.154. The first-order valence-electron chi connectivity index (χ1n) is 5.23. The lowest BCUT2D eigenvalue weighted by atomic mass is 10.2. The Labute approximate surface area is 97.1 Å². The standard InChI is InChI=1S/C13H10N2O2/c14-13(16)17-15-11-7-3-1-5-9(11)10-6-2-4-8-12(10)15/h1-8H,(H2,14,16). The predicted octanol–water partition coefficient (Wildman–Crippen LogP) is 2.30. The zero-order valence-electron chi connectivity index (χ0n) is 8.96. The van der Waals surface area contributed by atoms with Crippen LogP contribution in [0.1, 0.15) is 0 Å². The highest BCUT2D eigenvalue weighted by Crippen LogP contribution is 2.27. The van der Waals surface area contributed by atoms with Crippen LogP contribution in [0.3, 0.4) is 0 Å². The summed E-state index contributed by atoms with van der Waals surface area (Å²) in [5.74, 6) is 0. The van der Waals surface area contributed by atoms with Crippen molar-refractivity contribution in [3.8, 4) is 0 Å². The third-order valence-electron chi connectivity index (χ3n) is 2.72. The van der Waals surface area contributed by atoms with Gasteiger partial charge in [0.15, 0.2) is 0 Å². The number of aromatic nitrogens is 1. The van der Waals surface area contributed by atoms with E-state index >= 15 is 0 Å². The number of benzene rings is 2. The van der Waals surface area contributed by atoms with Crippen LogP contribution in [-0.4, -0.2) is 10.8 Å². The minimum absolute atomic E-state index is 0.823. The van der Waals surface area contributed by atoms with Crippen molar-refractivity contribution in [1.82, 2.24) is 4.73 Å². The van der Waals surface area contributed by atoms with Gasteiger partial charge in [-0.25, -0.2) is 4.79 Å². The van der Waals surface area contributed by atoms with Crippen LogP contribution in [0.15, 0.2) is 48.5 Å². The largest absolute Gasteiger partial charge is 0.429 e. The third-order valence-corrected chi connectivity index (χ3v) is 2.72. The van der Waals surface area contributed by atoms with Crippen molar-refractivity contribution in [2.45, 2.75) is 0 Å². The molecule has 0 atom stereocenters.